The fourth-order valence-electron chi connectivity index (χ4n) is 3.68. The van der Waals surface area contributed by atoms with E-state index in [0.29, 0.717) is 11.8 Å². The molecule has 1 fully saturated rings. The van der Waals surface area contributed by atoms with Gasteiger partial charge in [-0.15, -0.1) is 0 Å². The van der Waals surface area contributed by atoms with Crippen LogP contribution in [0.1, 0.15) is 43.2 Å². The van der Waals surface area contributed by atoms with E-state index < -0.39 is 0 Å². The van der Waals surface area contributed by atoms with E-state index in [-0.39, 0.29) is 5.91 Å². The van der Waals surface area contributed by atoms with Crippen molar-refractivity contribution in [2.45, 2.75) is 46.0 Å². The lowest BCUT2D eigenvalue weighted by molar-refractivity contribution is -0.110. The number of hydrogen-bond donors (Lipinski definition) is 1. The maximum absolute atomic E-state index is 12.6. The SMILES string of the molecule is Cc1ccc(NC(=O)C2=NCC3CCCCCC23)c(C)c1. The molecule has 0 radical (unpaired) electrons. The quantitative estimate of drug-likeness (QED) is 0.879. The van der Waals surface area contributed by atoms with Gasteiger partial charge in [-0.05, 0) is 44.2 Å². The number of aliphatic imine (C=N–C) groups is 1. The molecule has 1 heterocycles. The van der Waals surface area contributed by atoms with Crippen molar-refractivity contribution in [2.75, 3.05) is 11.9 Å². The van der Waals surface area contributed by atoms with Crippen molar-refractivity contribution in [2.24, 2.45) is 16.8 Å². The fourth-order valence-corrected chi connectivity index (χ4v) is 3.68. The van der Waals surface area contributed by atoms with Gasteiger partial charge in [-0.25, -0.2) is 0 Å². The number of rotatable bonds is 2. The van der Waals surface area contributed by atoms with Gasteiger partial charge in [0.2, 0.25) is 0 Å². The van der Waals surface area contributed by atoms with Crippen molar-refractivity contribution in [3.8, 4) is 0 Å². The number of amides is 1. The van der Waals surface area contributed by atoms with E-state index in [2.05, 4.69) is 23.3 Å². The Kier molecular flexibility index (Phi) is 4.09. The van der Waals surface area contributed by atoms with Crippen molar-refractivity contribution < 1.29 is 4.79 Å². The Bertz CT molecular complexity index is 577. The van der Waals surface area contributed by atoms with Crippen LogP contribution in [0.4, 0.5) is 5.69 Å². The summed E-state index contributed by atoms with van der Waals surface area (Å²) in [5.74, 6) is 1.00. The Balaban J connectivity index is 1.73. The molecule has 1 aromatic rings. The van der Waals surface area contributed by atoms with Crippen molar-refractivity contribution in [1.29, 1.82) is 0 Å². The van der Waals surface area contributed by atoms with Gasteiger partial charge in [-0.1, -0.05) is 37.0 Å². The van der Waals surface area contributed by atoms with Gasteiger partial charge in [-0.3, -0.25) is 9.79 Å². The van der Waals surface area contributed by atoms with Crippen molar-refractivity contribution in [1.82, 2.24) is 0 Å². The van der Waals surface area contributed by atoms with Crippen LogP contribution in [0.25, 0.3) is 0 Å². The Hall–Kier alpha value is -1.64. The monoisotopic (exact) mass is 284 g/mol. The zero-order chi connectivity index (χ0) is 14.8. The molecule has 0 aromatic heterocycles. The zero-order valence-corrected chi connectivity index (χ0v) is 13.0. The molecule has 2 aliphatic rings. The summed E-state index contributed by atoms with van der Waals surface area (Å²) in [4.78, 5) is 17.1. The Morgan fingerprint density at radius 1 is 1.19 bits per heavy atom. The smallest absolute Gasteiger partial charge is 0.269 e. The minimum absolute atomic E-state index is 0.0105. The first-order chi connectivity index (χ1) is 10.1. The average molecular weight is 284 g/mol. The van der Waals surface area contributed by atoms with Crippen LogP contribution in [0.2, 0.25) is 0 Å². The van der Waals surface area contributed by atoms with E-state index in [1.165, 1.54) is 31.2 Å². The van der Waals surface area contributed by atoms with Crippen LogP contribution < -0.4 is 5.32 Å². The highest BCUT2D eigenvalue weighted by Gasteiger charge is 2.35. The summed E-state index contributed by atoms with van der Waals surface area (Å²) in [6.07, 6.45) is 6.19. The van der Waals surface area contributed by atoms with Gasteiger partial charge >= 0.3 is 0 Å². The van der Waals surface area contributed by atoms with Crippen molar-refractivity contribution in [3.63, 3.8) is 0 Å². The van der Waals surface area contributed by atoms with E-state index in [9.17, 15) is 4.79 Å². The van der Waals surface area contributed by atoms with E-state index in [1.54, 1.807) is 0 Å². The van der Waals surface area contributed by atoms with Crippen LogP contribution in [0.15, 0.2) is 23.2 Å². The number of hydrogen-bond acceptors (Lipinski definition) is 2. The van der Waals surface area contributed by atoms with Crippen molar-refractivity contribution >= 4 is 17.3 Å². The second kappa shape index (κ2) is 6.00. The lowest BCUT2D eigenvalue weighted by Gasteiger charge is -2.18. The fraction of sp³-hybridized carbons (Fsp3) is 0.556. The molecule has 1 amide bonds. The molecule has 1 saturated carbocycles. The Labute approximate surface area is 126 Å². The summed E-state index contributed by atoms with van der Waals surface area (Å²) in [6, 6.07) is 6.12. The third kappa shape index (κ3) is 3.02. The van der Waals surface area contributed by atoms with Crippen LogP contribution in [-0.2, 0) is 4.79 Å². The third-order valence-electron chi connectivity index (χ3n) is 4.87. The number of carbonyl (C=O) groups excluding carboxylic acids is 1. The van der Waals surface area contributed by atoms with Crippen LogP contribution in [-0.4, -0.2) is 18.2 Å². The van der Waals surface area contributed by atoms with Gasteiger partial charge in [0, 0.05) is 18.2 Å². The molecule has 112 valence electrons. The molecular weight excluding hydrogens is 260 g/mol. The zero-order valence-electron chi connectivity index (χ0n) is 13.0. The number of carbonyl (C=O) groups is 1. The summed E-state index contributed by atoms with van der Waals surface area (Å²) in [5.41, 5.74) is 4.03. The number of fused-ring (bicyclic) bond motifs is 1. The Morgan fingerprint density at radius 2 is 2.00 bits per heavy atom. The highest BCUT2D eigenvalue weighted by Crippen LogP contribution is 2.34. The Morgan fingerprint density at radius 3 is 2.81 bits per heavy atom. The number of nitrogens with zero attached hydrogens (tertiary/aromatic N) is 1. The van der Waals surface area contributed by atoms with Gasteiger partial charge in [0.05, 0.1) is 0 Å². The van der Waals surface area contributed by atoms with Gasteiger partial charge in [0.25, 0.3) is 5.91 Å². The van der Waals surface area contributed by atoms with Gasteiger partial charge in [0.1, 0.15) is 5.71 Å². The van der Waals surface area contributed by atoms with Gasteiger partial charge in [-0.2, -0.15) is 0 Å². The number of nitrogens with one attached hydrogen (secondary N) is 1. The minimum Gasteiger partial charge on any atom is -0.321 e. The molecule has 0 saturated heterocycles. The summed E-state index contributed by atoms with van der Waals surface area (Å²) in [6.45, 7) is 4.95. The van der Waals surface area contributed by atoms with Crippen LogP contribution in [0.3, 0.4) is 0 Å². The summed E-state index contributed by atoms with van der Waals surface area (Å²) >= 11 is 0. The molecule has 0 spiro atoms. The van der Waals surface area contributed by atoms with Crippen LogP contribution >= 0.6 is 0 Å². The molecule has 1 aliphatic carbocycles. The molecule has 3 nitrogen and oxygen atoms in total. The van der Waals surface area contributed by atoms with E-state index in [1.807, 2.05) is 19.1 Å². The lowest BCUT2D eigenvalue weighted by atomic mass is 9.86. The van der Waals surface area contributed by atoms with Gasteiger partial charge in [0.15, 0.2) is 0 Å². The topological polar surface area (TPSA) is 41.5 Å². The molecule has 21 heavy (non-hydrogen) atoms. The molecule has 1 aliphatic heterocycles. The normalized spacial score (nSPS) is 25.0. The summed E-state index contributed by atoms with van der Waals surface area (Å²) in [7, 11) is 0. The average Bonchev–Trinajstić information content (AvgIpc) is 2.71. The highest BCUT2D eigenvalue weighted by atomic mass is 16.1. The third-order valence-corrected chi connectivity index (χ3v) is 4.87. The van der Waals surface area contributed by atoms with Crippen LogP contribution in [0, 0.1) is 25.7 Å². The molecular formula is C18H24N2O. The molecule has 1 N–H and O–H groups in total. The molecule has 2 atom stereocenters. The maximum atomic E-state index is 12.6. The molecule has 0 bridgehead atoms. The maximum Gasteiger partial charge on any atom is 0.269 e. The van der Waals surface area contributed by atoms with E-state index in [0.717, 1.165) is 29.9 Å². The summed E-state index contributed by atoms with van der Waals surface area (Å²) in [5, 5.41) is 3.06. The summed E-state index contributed by atoms with van der Waals surface area (Å²) < 4.78 is 0. The number of benzene rings is 1. The van der Waals surface area contributed by atoms with Crippen molar-refractivity contribution in [3.05, 3.63) is 29.3 Å². The first kappa shape index (κ1) is 14.3. The number of aryl methyl sites for hydroxylation is 2. The van der Waals surface area contributed by atoms with Gasteiger partial charge < -0.3 is 5.32 Å². The molecule has 1 aromatic carbocycles. The molecule has 2 unspecified atom stereocenters. The van der Waals surface area contributed by atoms with Crippen LogP contribution in [0.5, 0.6) is 0 Å². The number of anilines is 1. The van der Waals surface area contributed by atoms with E-state index in [4.69, 9.17) is 0 Å². The lowest BCUT2D eigenvalue weighted by Crippen LogP contribution is -2.30. The predicted octanol–water partition coefficient (Wildman–Crippen LogP) is 3.89. The highest BCUT2D eigenvalue weighted by molar-refractivity contribution is 6.44. The largest absolute Gasteiger partial charge is 0.321 e. The first-order valence-corrected chi connectivity index (χ1v) is 8.08. The molecule has 3 rings (SSSR count). The van der Waals surface area contributed by atoms with E-state index >= 15 is 0 Å². The first-order valence-electron chi connectivity index (χ1n) is 8.08. The second-order valence-corrected chi connectivity index (χ2v) is 6.50. The minimum atomic E-state index is 0.0105. The second-order valence-electron chi connectivity index (χ2n) is 6.50. The standard InChI is InChI=1S/C18H24N2O/c1-12-8-9-16(13(2)10-12)20-18(21)17-15-7-5-3-4-6-14(15)11-19-17/h8-10,14-15H,3-7,11H2,1-2H3,(H,20,21). The molecule has 3 heteroatoms. The predicted molar refractivity (Wildman–Crippen MR) is 86.9 cm³/mol.